The summed E-state index contributed by atoms with van der Waals surface area (Å²) in [4.78, 5) is 6.75. The van der Waals surface area contributed by atoms with Gasteiger partial charge in [0.15, 0.2) is 0 Å². The first-order chi connectivity index (χ1) is 13.2. The van der Waals surface area contributed by atoms with E-state index in [0.29, 0.717) is 0 Å². The lowest BCUT2D eigenvalue weighted by Gasteiger charge is -2.33. The lowest BCUT2D eigenvalue weighted by atomic mass is 9.89. The van der Waals surface area contributed by atoms with Crippen molar-refractivity contribution in [3.8, 4) is 5.69 Å². The van der Waals surface area contributed by atoms with Crippen molar-refractivity contribution in [2.75, 3.05) is 13.1 Å². The Labute approximate surface area is 160 Å². The van der Waals surface area contributed by atoms with Crippen LogP contribution >= 0.6 is 0 Å². The van der Waals surface area contributed by atoms with Gasteiger partial charge in [-0.25, -0.2) is 4.68 Å². The molecule has 2 aromatic heterocycles. The Morgan fingerprint density at radius 3 is 2.74 bits per heavy atom. The zero-order valence-electron chi connectivity index (χ0n) is 15.7. The van der Waals surface area contributed by atoms with Gasteiger partial charge >= 0.3 is 0 Å². The number of aryl methyl sites for hydroxylation is 1. The molecule has 0 saturated carbocycles. The smallest absolute Gasteiger partial charge is 0.0988 e. The molecule has 0 aliphatic carbocycles. The summed E-state index contributed by atoms with van der Waals surface area (Å²) in [5, 5.41) is 15.1. The van der Waals surface area contributed by atoms with Gasteiger partial charge in [-0.05, 0) is 68.6 Å². The number of aromatic nitrogens is 3. The van der Waals surface area contributed by atoms with Crippen LogP contribution in [-0.4, -0.2) is 37.9 Å². The van der Waals surface area contributed by atoms with Gasteiger partial charge in [0.05, 0.1) is 23.7 Å². The van der Waals surface area contributed by atoms with Crippen LogP contribution in [0.2, 0.25) is 0 Å². The second-order valence-corrected chi connectivity index (χ2v) is 7.45. The van der Waals surface area contributed by atoms with Crippen LogP contribution in [-0.2, 0) is 6.54 Å². The number of benzene rings is 1. The molecule has 0 unspecified atom stereocenters. The molecule has 140 valence electrons. The van der Waals surface area contributed by atoms with E-state index in [1.165, 1.54) is 11.1 Å². The molecule has 0 amide bonds. The van der Waals surface area contributed by atoms with Crippen molar-refractivity contribution in [1.82, 2.24) is 19.7 Å². The van der Waals surface area contributed by atoms with E-state index in [9.17, 15) is 5.11 Å². The summed E-state index contributed by atoms with van der Waals surface area (Å²) in [6.45, 7) is 4.98. The van der Waals surface area contributed by atoms with Crippen molar-refractivity contribution < 1.29 is 5.11 Å². The van der Waals surface area contributed by atoms with Crippen molar-refractivity contribution in [3.05, 3.63) is 77.9 Å². The first-order valence-corrected chi connectivity index (χ1v) is 9.61. The fourth-order valence-corrected chi connectivity index (χ4v) is 3.83. The number of rotatable bonds is 5. The van der Waals surface area contributed by atoms with Crippen LogP contribution in [0.25, 0.3) is 5.69 Å². The maximum Gasteiger partial charge on any atom is 0.0988 e. The Bertz CT molecular complexity index is 869. The highest BCUT2D eigenvalue weighted by Crippen LogP contribution is 2.30. The molecular weight excluding hydrogens is 336 g/mol. The fraction of sp³-hybridized carbons (Fsp3) is 0.364. The van der Waals surface area contributed by atoms with E-state index in [0.717, 1.165) is 43.9 Å². The number of hydrogen-bond acceptors (Lipinski definition) is 4. The van der Waals surface area contributed by atoms with E-state index in [-0.39, 0.29) is 5.92 Å². The van der Waals surface area contributed by atoms with Crippen LogP contribution in [0.15, 0.2) is 61.1 Å². The minimum atomic E-state index is -0.461. The number of hydrogen-bond donors (Lipinski definition) is 1. The molecule has 0 radical (unpaired) electrons. The van der Waals surface area contributed by atoms with Crippen molar-refractivity contribution >= 4 is 0 Å². The maximum atomic E-state index is 10.6. The van der Waals surface area contributed by atoms with Gasteiger partial charge in [-0.1, -0.05) is 18.2 Å². The quantitative estimate of drug-likeness (QED) is 0.754. The van der Waals surface area contributed by atoms with Crippen molar-refractivity contribution in [1.29, 1.82) is 0 Å². The lowest BCUT2D eigenvalue weighted by Crippen LogP contribution is -2.35. The highest BCUT2D eigenvalue weighted by atomic mass is 16.3. The SMILES string of the molecule is Cc1cccc(-n2cc(CN3CCC([C@@H](O)c4ccccn4)CC3)cn2)c1. The third kappa shape index (κ3) is 4.26. The summed E-state index contributed by atoms with van der Waals surface area (Å²) in [6.07, 6.45) is 7.34. The molecule has 3 aromatic rings. The van der Waals surface area contributed by atoms with Gasteiger partial charge in [0.2, 0.25) is 0 Å². The standard InChI is InChI=1S/C22H26N4O/c1-17-5-4-6-20(13-17)26-16-18(14-24-26)15-25-11-8-19(9-12-25)22(27)21-7-2-3-10-23-21/h2-7,10,13-14,16,19,22,27H,8-9,11-12,15H2,1H3/t22-/m1/s1. The average Bonchev–Trinajstić information content (AvgIpc) is 3.17. The molecule has 1 aliphatic heterocycles. The molecule has 0 spiro atoms. The number of piperidine rings is 1. The van der Waals surface area contributed by atoms with E-state index in [1.807, 2.05) is 29.1 Å². The first-order valence-electron chi connectivity index (χ1n) is 9.61. The van der Waals surface area contributed by atoms with E-state index >= 15 is 0 Å². The predicted octanol–water partition coefficient (Wildman–Crippen LogP) is 3.52. The molecule has 1 atom stereocenters. The number of nitrogens with zero attached hydrogens (tertiary/aromatic N) is 4. The zero-order chi connectivity index (χ0) is 18.6. The van der Waals surface area contributed by atoms with Crippen LogP contribution in [0.3, 0.4) is 0 Å². The largest absolute Gasteiger partial charge is 0.387 e. The average molecular weight is 362 g/mol. The van der Waals surface area contributed by atoms with Gasteiger partial charge < -0.3 is 5.11 Å². The summed E-state index contributed by atoms with van der Waals surface area (Å²) in [6, 6.07) is 14.1. The van der Waals surface area contributed by atoms with Gasteiger partial charge in [-0.15, -0.1) is 0 Å². The topological polar surface area (TPSA) is 54.2 Å². The number of aliphatic hydroxyl groups excluding tert-OH is 1. The number of likely N-dealkylation sites (tertiary alicyclic amines) is 1. The van der Waals surface area contributed by atoms with Crippen LogP contribution in [0.1, 0.15) is 35.8 Å². The molecule has 1 N–H and O–H groups in total. The molecule has 1 fully saturated rings. The monoisotopic (exact) mass is 362 g/mol. The predicted molar refractivity (Wildman–Crippen MR) is 105 cm³/mol. The van der Waals surface area contributed by atoms with Gasteiger partial charge in [0.25, 0.3) is 0 Å². The lowest BCUT2D eigenvalue weighted by molar-refractivity contribution is 0.0540. The molecule has 1 aromatic carbocycles. The fourth-order valence-electron chi connectivity index (χ4n) is 3.83. The highest BCUT2D eigenvalue weighted by Gasteiger charge is 2.27. The Hall–Kier alpha value is -2.50. The molecule has 5 nitrogen and oxygen atoms in total. The first kappa shape index (κ1) is 17.9. The molecule has 27 heavy (non-hydrogen) atoms. The number of aliphatic hydroxyl groups is 1. The van der Waals surface area contributed by atoms with Gasteiger partial charge in [0.1, 0.15) is 0 Å². The summed E-state index contributed by atoms with van der Waals surface area (Å²) >= 11 is 0. The Kier molecular flexibility index (Phi) is 5.32. The second kappa shape index (κ2) is 8.03. The Morgan fingerprint density at radius 2 is 2.00 bits per heavy atom. The normalized spacial score (nSPS) is 17.1. The van der Waals surface area contributed by atoms with E-state index in [1.54, 1.807) is 6.20 Å². The van der Waals surface area contributed by atoms with Crippen molar-refractivity contribution in [2.45, 2.75) is 32.4 Å². The molecule has 4 rings (SSSR count). The van der Waals surface area contributed by atoms with Gasteiger partial charge in [0, 0.05) is 24.5 Å². The maximum absolute atomic E-state index is 10.6. The summed E-state index contributed by atoms with van der Waals surface area (Å²) in [5.41, 5.74) is 4.34. The van der Waals surface area contributed by atoms with Crippen molar-refractivity contribution in [2.24, 2.45) is 5.92 Å². The third-order valence-electron chi connectivity index (χ3n) is 5.38. The van der Waals surface area contributed by atoms with Crippen LogP contribution in [0.5, 0.6) is 0 Å². The van der Waals surface area contributed by atoms with Gasteiger partial charge in [-0.2, -0.15) is 5.10 Å². The van der Waals surface area contributed by atoms with Gasteiger partial charge in [-0.3, -0.25) is 9.88 Å². The summed E-state index contributed by atoms with van der Waals surface area (Å²) in [7, 11) is 0. The molecular formula is C22H26N4O. The van der Waals surface area contributed by atoms with Crippen LogP contribution < -0.4 is 0 Å². The second-order valence-electron chi connectivity index (χ2n) is 7.45. The number of pyridine rings is 1. The van der Waals surface area contributed by atoms with E-state index < -0.39 is 6.10 Å². The van der Waals surface area contributed by atoms with Crippen molar-refractivity contribution in [3.63, 3.8) is 0 Å². The molecule has 3 heterocycles. The van der Waals surface area contributed by atoms with E-state index in [2.05, 4.69) is 52.4 Å². The van der Waals surface area contributed by atoms with Crippen LogP contribution in [0, 0.1) is 12.8 Å². The zero-order valence-corrected chi connectivity index (χ0v) is 15.7. The Balaban J connectivity index is 1.33. The molecule has 1 saturated heterocycles. The Morgan fingerprint density at radius 1 is 1.15 bits per heavy atom. The summed E-state index contributed by atoms with van der Waals surface area (Å²) in [5.74, 6) is 0.283. The molecule has 1 aliphatic rings. The minimum Gasteiger partial charge on any atom is -0.387 e. The minimum absolute atomic E-state index is 0.283. The summed E-state index contributed by atoms with van der Waals surface area (Å²) < 4.78 is 1.94. The molecule has 5 heteroatoms. The molecule has 0 bridgehead atoms. The van der Waals surface area contributed by atoms with Crippen LogP contribution in [0.4, 0.5) is 0 Å². The van der Waals surface area contributed by atoms with E-state index in [4.69, 9.17) is 0 Å². The highest BCUT2D eigenvalue weighted by molar-refractivity contribution is 5.35. The third-order valence-corrected chi connectivity index (χ3v) is 5.38.